The summed E-state index contributed by atoms with van der Waals surface area (Å²) in [5.41, 5.74) is 2.81. The van der Waals surface area contributed by atoms with Crippen LogP contribution in [0, 0.1) is 0 Å². The fourth-order valence-corrected chi connectivity index (χ4v) is 2.78. The van der Waals surface area contributed by atoms with Gasteiger partial charge in [-0.25, -0.2) is 4.98 Å². The van der Waals surface area contributed by atoms with Crippen molar-refractivity contribution in [3.8, 4) is 0 Å². The first-order valence-corrected chi connectivity index (χ1v) is 7.13. The van der Waals surface area contributed by atoms with Gasteiger partial charge < -0.3 is 4.98 Å². The highest BCUT2D eigenvalue weighted by molar-refractivity contribution is 6.21. The van der Waals surface area contributed by atoms with Crippen molar-refractivity contribution in [1.82, 2.24) is 14.9 Å². The largest absolute Gasteiger partial charge is 0.342 e. The van der Waals surface area contributed by atoms with Gasteiger partial charge in [0.1, 0.15) is 5.82 Å². The topological polar surface area (TPSA) is 66.1 Å². The maximum absolute atomic E-state index is 12.3. The van der Waals surface area contributed by atoms with E-state index in [0.717, 1.165) is 16.9 Å². The van der Waals surface area contributed by atoms with E-state index in [2.05, 4.69) is 9.97 Å². The molecule has 0 radical (unpaired) electrons. The number of aromatic nitrogens is 2. The number of para-hydroxylation sites is 2. The van der Waals surface area contributed by atoms with Crippen molar-refractivity contribution in [2.45, 2.75) is 6.42 Å². The van der Waals surface area contributed by atoms with E-state index < -0.39 is 0 Å². The number of carbonyl (C=O) groups is 2. The fraction of sp³-hybridized carbons (Fsp3) is 0.118. The lowest BCUT2D eigenvalue weighted by Gasteiger charge is -2.12. The summed E-state index contributed by atoms with van der Waals surface area (Å²) in [7, 11) is 0. The highest BCUT2D eigenvalue weighted by atomic mass is 16.2. The Morgan fingerprint density at radius 2 is 1.55 bits per heavy atom. The van der Waals surface area contributed by atoms with Crippen LogP contribution in [0.3, 0.4) is 0 Å². The Hall–Kier alpha value is -2.95. The van der Waals surface area contributed by atoms with Gasteiger partial charge in [-0.3, -0.25) is 14.5 Å². The van der Waals surface area contributed by atoms with Crippen LogP contribution in [0.25, 0.3) is 11.0 Å². The number of fused-ring (bicyclic) bond motifs is 2. The number of amides is 2. The summed E-state index contributed by atoms with van der Waals surface area (Å²) in [6.45, 7) is 0.326. The number of H-pyrrole nitrogens is 1. The molecule has 0 atom stereocenters. The van der Waals surface area contributed by atoms with Crippen molar-refractivity contribution in [2.24, 2.45) is 0 Å². The second-order valence-corrected chi connectivity index (χ2v) is 5.26. The van der Waals surface area contributed by atoms with Crippen LogP contribution < -0.4 is 0 Å². The number of imide groups is 1. The Balaban J connectivity index is 1.55. The second-order valence-electron chi connectivity index (χ2n) is 5.26. The summed E-state index contributed by atoms with van der Waals surface area (Å²) in [6.07, 6.45) is 0.514. The molecule has 1 aliphatic heterocycles. The SMILES string of the molecule is O=C1c2ccccc2C(=O)N1CCc1nc2ccccc2[nH]1. The van der Waals surface area contributed by atoms with Crippen molar-refractivity contribution in [3.63, 3.8) is 0 Å². The molecule has 0 bridgehead atoms. The Bertz CT molecular complexity index is 830. The smallest absolute Gasteiger partial charge is 0.261 e. The number of hydrogen-bond acceptors (Lipinski definition) is 3. The summed E-state index contributed by atoms with van der Waals surface area (Å²) in [4.78, 5) is 33.5. The van der Waals surface area contributed by atoms with E-state index >= 15 is 0 Å². The lowest BCUT2D eigenvalue weighted by Crippen LogP contribution is -2.31. The monoisotopic (exact) mass is 291 g/mol. The molecular formula is C17H13N3O2. The highest BCUT2D eigenvalue weighted by Crippen LogP contribution is 2.22. The third kappa shape index (κ3) is 1.90. The van der Waals surface area contributed by atoms with E-state index in [0.29, 0.717) is 24.1 Å². The van der Waals surface area contributed by atoms with Crippen molar-refractivity contribution < 1.29 is 9.59 Å². The Kier molecular flexibility index (Phi) is 2.79. The minimum Gasteiger partial charge on any atom is -0.342 e. The van der Waals surface area contributed by atoms with Crippen LogP contribution in [0.2, 0.25) is 0 Å². The predicted molar refractivity (Wildman–Crippen MR) is 81.6 cm³/mol. The second kappa shape index (κ2) is 4.80. The lowest BCUT2D eigenvalue weighted by molar-refractivity contribution is 0.0655. The van der Waals surface area contributed by atoms with Gasteiger partial charge in [0, 0.05) is 13.0 Å². The number of hydrogen-bond donors (Lipinski definition) is 1. The third-order valence-electron chi connectivity index (χ3n) is 3.89. The first-order chi connectivity index (χ1) is 10.7. The van der Waals surface area contributed by atoms with Crippen LogP contribution in [-0.4, -0.2) is 33.2 Å². The molecule has 4 rings (SSSR count). The third-order valence-corrected chi connectivity index (χ3v) is 3.89. The van der Waals surface area contributed by atoms with Gasteiger partial charge in [-0.1, -0.05) is 24.3 Å². The zero-order valence-corrected chi connectivity index (χ0v) is 11.7. The van der Waals surface area contributed by atoms with Crippen LogP contribution in [0.15, 0.2) is 48.5 Å². The minimum atomic E-state index is -0.225. The van der Waals surface area contributed by atoms with Crippen LogP contribution >= 0.6 is 0 Å². The molecule has 22 heavy (non-hydrogen) atoms. The molecule has 2 heterocycles. The van der Waals surface area contributed by atoms with E-state index in [1.54, 1.807) is 24.3 Å². The number of nitrogens with zero attached hydrogens (tertiary/aromatic N) is 2. The first kappa shape index (κ1) is 12.8. The molecule has 2 aromatic carbocycles. The predicted octanol–water partition coefficient (Wildman–Crippen LogP) is 2.40. The molecule has 2 amide bonds. The standard InChI is InChI=1S/C17H13N3O2/c21-16-11-5-1-2-6-12(11)17(22)20(16)10-9-15-18-13-7-3-4-8-14(13)19-15/h1-8H,9-10H2,(H,18,19). The quantitative estimate of drug-likeness (QED) is 0.754. The molecule has 108 valence electrons. The summed E-state index contributed by atoms with van der Waals surface area (Å²) in [5, 5.41) is 0. The van der Waals surface area contributed by atoms with Gasteiger partial charge >= 0.3 is 0 Å². The molecule has 0 spiro atoms. The average Bonchev–Trinajstić information content (AvgIpc) is 3.06. The Labute approximate surface area is 126 Å². The number of benzene rings is 2. The number of carbonyl (C=O) groups excluding carboxylic acids is 2. The van der Waals surface area contributed by atoms with Crippen LogP contribution in [-0.2, 0) is 6.42 Å². The molecule has 1 N–H and O–H groups in total. The van der Waals surface area contributed by atoms with Crippen LogP contribution in [0.4, 0.5) is 0 Å². The van der Waals surface area contributed by atoms with Gasteiger partial charge in [-0.15, -0.1) is 0 Å². The van der Waals surface area contributed by atoms with E-state index in [9.17, 15) is 9.59 Å². The molecule has 0 unspecified atom stereocenters. The summed E-state index contributed by atoms with van der Waals surface area (Å²) in [5.74, 6) is 0.325. The number of aromatic amines is 1. The van der Waals surface area contributed by atoms with Crippen LogP contribution in [0.1, 0.15) is 26.5 Å². The first-order valence-electron chi connectivity index (χ1n) is 7.13. The van der Waals surface area contributed by atoms with Gasteiger partial charge in [0.15, 0.2) is 0 Å². The number of rotatable bonds is 3. The number of imidazole rings is 1. The molecule has 3 aromatic rings. The van der Waals surface area contributed by atoms with E-state index in [1.165, 1.54) is 4.90 Å². The maximum Gasteiger partial charge on any atom is 0.261 e. The van der Waals surface area contributed by atoms with Gasteiger partial charge in [0.2, 0.25) is 0 Å². The molecule has 1 aliphatic rings. The van der Waals surface area contributed by atoms with Crippen molar-refractivity contribution in [3.05, 3.63) is 65.5 Å². The normalized spacial score (nSPS) is 13.9. The van der Waals surface area contributed by atoms with Crippen molar-refractivity contribution in [2.75, 3.05) is 6.54 Å². The molecule has 0 fully saturated rings. The van der Waals surface area contributed by atoms with Crippen molar-refractivity contribution in [1.29, 1.82) is 0 Å². The fourth-order valence-electron chi connectivity index (χ4n) is 2.78. The van der Waals surface area contributed by atoms with Crippen LogP contribution in [0.5, 0.6) is 0 Å². The Morgan fingerprint density at radius 3 is 2.23 bits per heavy atom. The Morgan fingerprint density at radius 1 is 0.909 bits per heavy atom. The summed E-state index contributed by atoms with van der Waals surface area (Å²) in [6, 6.07) is 14.7. The summed E-state index contributed by atoms with van der Waals surface area (Å²) < 4.78 is 0. The maximum atomic E-state index is 12.3. The van der Waals surface area contributed by atoms with E-state index in [1.807, 2.05) is 24.3 Å². The van der Waals surface area contributed by atoms with E-state index in [-0.39, 0.29) is 11.8 Å². The molecule has 1 aromatic heterocycles. The molecule has 5 heteroatoms. The number of nitrogens with one attached hydrogen (secondary N) is 1. The minimum absolute atomic E-state index is 0.225. The zero-order chi connectivity index (χ0) is 15.1. The van der Waals surface area contributed by atoms with Gasteiger partial charge in [-0.2, -0.15) is 0 Å². The van der Waals surface area contributed by atoms with Gasteiger partial charge in [-0.05, 0) is 24.3 Å². The van der Waals surface area contributed by atoms with Gasteiger partial charge in [0.05, 0.1) is 22.2 Å². The molecule has 0 saturated heterocycles. The molecule has 0 aliphatic carbocycles. The highest BCUT2D eigenvalue weighted by Gasteiger charge is 2.34. The molecular weight excluding hydrogens is 278 g/mol. The zero-order valence-electron chi connectivity index (χ0n) is 11.7. The molecule has 0 saturated carbocycles. The molecule has 5 nitrogen and oxygen atoms in total. The van der Waals surface area contributed by atoms with E-state index in [4.69, 9.17) is 0 Å². The van der Waals surface area contributed by atoms with Gasteiger partial charge in [0.25, 0.3) is 11.8 Å². The average molecular weight is 291 g/mol. The summed E-state index contributed by atoms with van der Waals surface area (Å²) >= 11 is 0. The van der Waals surface area contributed by atoms with Crippen molar-refractivity contribution >= 4 is 22.8 Å². The lowest BCUT2D eigenvalue weighted by atomic mass is 10.1.